The normalized spacial score (nSPS) is 21.5. The number of rotatable bonds is 3. The smallest absolute Gasteiger partial charge is 0.324 e. The predicted octanol–water partition coefficient (Wildman–Crippen LogP) is 0.271. The summed E-state index contributed by atoms with van der Waals surface area (Å²) >= 11 is 1.37. The Bertz CT molecular complexity index is 600. The number of hydrogen-bond donors (Lipinski definition) is 1. The topological polar surface area (TPSA) is 79.0 Å². The van der Waals surface area contributed by atoms with Gasteiger partial charge in [-0.2, -0.15) is 0 Å². The molecule has 21 heavy (non-hydrogen) atoms. The fraction of sp³-hybridized carbons (Fsp3) is 0.462. The van der Waals surface area contributed by atoms with E-state index in [1.807, 2.05) is 11.4 Å². The van der Waals surface area contributed by atoms with Crippen LogP contribution in [-0.4, -0.2) is 60.4 Å². The highest BCUT2D eigenvalue weighted by Gasteiger charge is 2.43. The highest BCUT2D eigenvalue weighted by molar-refractivity contribution is 7.12. The fourth-order valence-electron chi connectivity index (χ4n) is 2.63. The number of nitrogens with zero attached hydrogens (tertiary/aromatic N) is 2. The number of imide groups is 1. The molecule has 0 bridgehead atoms. The van der Waals surface area contributed by atoms with Crippen molar-refractivity contribution in [3.63, 3.8) is 0 Å². The average molecular weight is 309 g/mol. The number of fused-ring (bicyclic) bond motifs is 1. The summed E-state index contributed by atoms with van der Waals surface area (Å²) in [7, 11) is 1.58. The van der Waals surface area contributed by atoms with Crippen LogP contribution in [0.25, 0.3) is 0 Å². The lowest BCUT2D eigenvalue weighted by Gasteiger charge is -2.35. The summed E-state index contributed by atoms with van der Waals surface area (Å²) in [5.74, 6) is -0.440. The minimum absolute atomic E-state index is 0.108. The summed E-state index contributed by atoms with van der Waals surface area (Å²) in [6, 6.07) is 0.929. The fourth-order valence-corrected chi connectivity index (χ4v) is 3.51. The number of nitrogens with one attached hydrogen (secondary N) is 1. The standard InChI is InChI=1S/C13H15N3O4S/c1-20-7-8-2-5-21-10(8)12(18)15-3-4-16-9(6-15)11(17)14-13(16)19/h2,5,9H,3-4,6-7H2,1H3,(H,14,17,19). The number of methoxy groups -OCH3 is 1. The predicted molar refractivity (Wildman–Crippen MR) is 75.0 cm³/mol. The van der Waals surface area contributed by atoms with Gasteiger partial charge in [0.15, 0.2) is 0 Å². The Hall–Kier alpha value is -1.93. The van der Waals surface area contributed by atoms with E-state index in [2.05, 4.69) is 5.32 Å². The quantitative estimate of drug-likeness (QED) is 0.813. The van der Waals surface area contributed by atoms with E-state index in [4.69, 9.17) is 4.74 Å². The van der Waals surface area contributed by atoms with Gasteiger partial charge in [0.2, 0.25) is 0 Å². The van der Waals surface area contributed by atoms with Crippen LogP contribution in [0.1, 0.15) is 15.2 Å². The molecule has 1 N–H and O–H groups in total. The molecular weight excluding hydrogens is 294 g/mol. The van der Waals surface area contributed by atoms with E-state index in [1.54, 1.807) is 12.0 Å². The molecule has 1 aromatic rings. The monoisotopic (exact) mass is 309 g/mol. The SMILES string of the molecule is COCc1ccsc1C(=O)N1CCN2C(=O)NC(=O)C2C1. The van der Waals surface area contributed by atoms with Gasteiger partial charge < -0.3 is 14.5 Å². The summed E-state index contributed by atoms with van der Waals surface area (Å²) in [5.41, 5.74) is 0.849. The number of carbonyl (C=O) groups is 3. The molecule has 8 heteroatoms. The van der Waals surface area contributed by atoms with Gasteiger partial charge >= 0.3 is 6.03 Å². The minimum atomic E-state index is -0.568. The van der Waals surface area contributed by atoms with E-state index in [9.17, 15) is 14.4 Å². The molecule has 4 amide bonds. The number of urea groups is 1. The summed E-state index contributed by atoms with van der Waals surface area (Å²) < 4.78 is 5.08. The molecule has 0 saturated carbocycles. The summed E-state index contributed by atoms with van der Waals surface area (Å²) in [6.07, 6.45) is 0. The third-order valence-electron chi connectivity index (χ3n) is 3.70. The van der Waals surface area contributed by atoms with Crippen molar-refractivity contribution in [3.05, 3.63) is 21.9 Å². The van der Waals surface area contributed by atoms with E-state index in [-0.39, 0.29) is 24.4 Å². The lowest BCUT2D eigenvalue weighted by molar-refractivity contribution is -0.122. The number of piperazine rings is 1. The molecule has 1 unspecified atom stereocenters. The van der Waals surface area contributed by atoms with E-state index in [0.29, 0.717) is 24.6 Å². The van der Waals surface area contributed by atoms with Crippen LogP contribution in [0.2, 0.25) is 0 Å². The van der Waals surface area contributed by atoms with Gasteiger partial charge in [-0.1, -0.05) is 0 Å². The second-order valence-electron chi connectivity index (χ2n) is 4.96. The Morgan fingerprint density at radius 1 is 1.48 bits per heavy atom. The molecule has 0 aliphatic carbocycles. The number of ether oxygens (including phenoxy) is 1. The molecule has 0 spiro atoms. The van der Waals surface area contributed by atoms with Crippen molar-refractivity contribution in [2.45, 2.75) is 12.6 Å². The van der Waals surface area contributed by atoms with E-state index in [1.165, 1.54) is 16.2 Å². The number of hydrogen-bond acceptors (Lipinski definition) is 5. The first kappa shape index (κ1) is 14.0. The summed E-state index contributed by atoms with van der Waals surface area (Å²) in [4.78, 5) is 39.6. The van der Waals surface area contributed by atoms with Crippen LogP contribution in [-0.2, 0) is 16.1 Å². The first-order chi connectivity index (χ1) is 10.1. The minimum Gasteiger partial charge on any atom is -0.380 e. The van der Waals surface area contributed by atoms with Crippen LogP contribution in [0.4, 0.5) is 4.79 Å². The van der Waals surface area contributed by atoms with Gasteiger partial charge in [-0.25, -0.2) is 4.79 Å². The van der Waals surface area contributed by atoms with Gasteiger partial charge in [-0.05, 0) is 11.4 Å². The maximum Gasteiger partial charge on any atom is 0.324 e. The van der Waals surface area contributed by atoms with E-state index >= 15 is 0 Å². The Morgan fingerprint density at radius 2 is 2.29 bits per heavy atom. The van der Waals surface area contributed by atoms with Gasteiger partial charge in [-0.15, -0.1) is 11.3 Å². The highest BCUT2D eigenvalue weighted by atomic mass is 32.1. The zero-order valence-electron chi connectivity index (χ0n) is 11.5. The first-order valence-electron chi connectivity index (χ1n) is 6.58. The van der Waals surface area contributed by atoms with Crippen LogP contribution in [0.3, 0.4) is 0 Å². The zero-order valence-corrected chi connectivity index (χ0v) is 12.3. The zero-order chi connectivity index (χ0) is 15.0. The summed E-state index contributed by atoms with van der Waals surface area (Å²) in [6.45, 7) is 1.42. The molecule has 0 aromatic carbocycles. The van der Waals surface area contributed by atoms with Gasteiger partial charge in [0.25, 0.3) is 11.8 Å². The molecule has 1 aromatic heterocycles. The summed E-state index contributed by atoms with van der Waals surface area (Å²) in [5, 5.41) is 4.13. The van der Waals surface area contributed by atoms with Gasteiger partial charge in [0.05, 0.1) is 18.0 Å². The van der Waals surface area contributed by atoms with Crippen LogP contribution < -0.4 is 5.32 Å². The Balaban J connectivity index is 1.76. The number of carbonyl (C=O) groups excluding carboxylic acids is 3. The second kappa shape index (κ2) is 5.45. The number of thiophene rings is 1. The largest absolute Gasteiger partial charge is 0.380 e. The van der Waals surface area contributed by atoms with Crippen LogP contribution in [0.15, 0.2) is 11.4 Å². The maximum absolute atomic E-state index is 12.6. The first-order valence-corrected chi connectivity index (χ1v) is 7.46. The Labute approximate surface area is 125 Å². The molecule has 3 rings (SSSR count). The molecule has 112 valence electrons. The molecule has 3 heterocycles. The van der Waals surface area contributed by atoms with Crippen molar-refractivity contribution >= 4 is 29.2 Å². The van der Waals surface area contributed by atoms with Crippen LogP contribution in [0, 0.1) is 0 Å². The Morgan fingerprint density at radius 3 is 3.05 bits per heavy atom. The van der Waals surface area contributed by atoms with Gasteiger partial charge in [-0.3, -0.25) is 14.9 Å². The van der Waals surface area contributed by atoms with Crippen molar-refractivity contribution in [1.82, 2.24) is 15.1 Å². The molecule has 0 radical (unpaired) electrons. The lowest BCUT2D eigenvalue weighted by atomic mass is 10.1. The number of amides is 4. The van der Waals surface area contributed by atoms with Crippen molar-refractivity contribution in [2.24, 2.45) is 0 Å². The van der Waals surface area contributed by atoms with E-state index in [0.717, 1.165) is 5.56 Å². The second-order valence-corrected chi connectivity index (χ2v) is 5.88. The third-order valence-corrected chi connectivity index (χ3v) is 4.65. The molecule has 7 nitrogen and oxygen atoms in total. The molecule has 1 atom stereocenters. The maximum atomic E-state index is 12.6. The van der Waals surface area contributed by atoms with Crippen LogP contribution >= 0.6 is 11.3 Å². The van der Waals surface area contributed by atoms with Crippen molar-refractivity contribution < 1.29 is 19.1 Å². The average Bonchev–Trinajstić information content (AvgIpc) is 3.04. The van der Waals surface area contributed by atoms with Crippen LogP contribution in [0.5, 0.6) is 0 Å². The lowest BCUT2D eigenvalue weighted by Crippen LogP contribution is -2.54. The van der Waals surface area contributed by atoms with E-state index < -0.39 is 6.04 Å². The van der Waals surface area contributed by atoms with Gasteiger partial charge in [0, 0.05) is 25.8 Å². The molecule has 2 aliphatic heterocycles. The van der Waals surface area contributed by atoms with Gasteiger partial charge in [0.1, 0.15) is 6.04 Å². The highest BCUT2D eigenvalue weighted by Crippen LogP contribution is 2.23. The third kappa shape index (κ3) is 2.40. The molecule has 2 aliphatic rings. The molecular formula is C13H15N3O4S. The Kier molecular flexibility index (Phi) is 3.64. The van der Waals surface area contributed by atoms with Crippen molar-refractivity contribution in [1.29, 1.82) is 0 Å². The molecule has 2 fully saturated rings. The van der Waals surface area contributed by atoms with Crippen molar-refractivity contribution in [3.8, 4) is 0 Å². The molecule has 2 saturated heterocycles. The van der Waals surface area contributed by atoms with Crippen molar-refractivity contribution in [2.75, 3.05) is 26.7 Å².